The predicted molar refractivity (Wildman–Crippen MR) is 137 cm³/mol. The van der Waals surface area contributed by atoms with E-state index in [-0.39, 0.29) is 36.9 Å². The number of carbonyl (C=O) groups is 1. The summed E-state index contributed by atoms with van der Waals surface area (Å²) in [5, 5.41) is 2.74. The zero-order chi connectivity index (χ0) is 26.2. The molecule has 0 radical (unpaired) electrons. The van der Waals surface area contributed by atoms with Crippen LogP contribution in [0.5, 0.6) is 5.75 Å². The molecule has 0 saturated carbocycles. The van der Waals surface area contributed by atoms with Gasteiger partial charge in [-0.1, -0.05) is 17.7 Å². The van der Waals surface area contributed by atoms with Crippen molar-refractivity contribution in [2.45, 2.75) is 24.7 Å². The Balaban J connectivity index is 1.39. The highest BCUT2D eigenvalue weighted by atomic mass is 32.2. The average Bonchev–Trinajstić information content (AvgIpc) is 2.85. The number of hydrogen-bond donors (Lipinski definition) is 1. The first kappa shape index (κ1) is 27.9. The van der Waals surface area contributed by atoms with E-state index in [0.717, 1.165) is 11.8 Å². The molecule has 2 aromatic rings. The van der Waals surface area contributed by atoms with Crippen LogP contribution in [-0.2, 0) is 29.6 Å². The van der Waals surface area contributed by atoms with E-state index >= 15 is 0 Å². The van der Waals surface area contributed by atoms with Gasteiger partial charge in [-0.3, -0.25) is 9.10 Å². The van der Waals surface area contributed by atoms with Gasteiger partial charge in [0.05, 0.1) is 36.6 Å². The average molecular weight is 540 g/mol. The molecule has 3 rings (SSSR count). The van der Waals surface area contributed by atoms with E-state index in [1.54, 1.807) is 24.3 Å². The number of rotatable bonds is 12. The molecule has 198 valence electrons. The SMILES string of the molecule is Cc1ccc(N(CCCC(=O)NCCOc2ccc(S(=O)(=O)N3CCOCC3)cc2)S(C)(=O)=O)cc1. The largest absolute Gasteiger partial charge is 0.492 e. The third kappa shape index (κ3) is 7.92. The first-order valence-corrected chi connectivity index (χ1v) is 15.0. The number of hydrogen-bond acceptors (Lipinski definition) is 7. The van der Waals surface area contributed by atoms with Crippen molar-refractivity contribution in [1.29, 1.82) is 0 Å². The molecule has 0 aromatic heterocycles. The topological polar surface area (TPSA) is 122 Å². The number of anilines is 1. The van der Waals surface area contributed by atoms with Crippen molar-refractivity contribution in [2.75, 3.05) is 56.6 Å². The molecule has 1 amide bonds. The summed E-state index contributed by atoms with van der Waals surface area (Å²) in [6.07, 6.45) is 1.69. The van der Waals surface area contributed by atoms with Crippen LogP contribution in [0, 0.1) is 6.92 Å². The van der Waals surface area contributed by atoms with Crippen molar-refractivity contribution < 1.29 is 31.1 Å². The minimum atomic E-state index is -3.56. The van der Waals surface area contributed by atoms with E-state index in [1.807, 2.05) is 19.1 Å². The second-order valence-corrected chi connectivity index (χ2v) is 12.3. The van der Waals surface area contributed by atoms with Gasteiger partial charge in [-0.2, -0.15) is 4.31 Å². The minimum absolute atomic E-state index is 0.173. The Labute approximate surface area is 213 Å². The van der Waals surface area contributed by atoms with Crippen molar-refractivity contribution in [1.82, 2.24) is 9.62 Å². The van der Waals surface area contributed by atoms with Crippen molar-refractivity contribution in [3.05, 3.63) is 54.1 Å². The van der Waals surface area contributed by atoms with Gasteiger partial charge in [-0.05, 0) is 49.7 Å². The molecule has 1 saturated heterocycles. The van der Waals surface area contributed by atoms with Crippen LogP contribution in [0.15, 0.2) is 53.4 Å². The third-order valence-corrected chi connectivity index (χ3v) is 8.72. The molecule has 10 nitrogen and oxygen atoms in total. The van der Waals surface area contributed by atoms with Crippen LogP contribution < -0.4 is 14.4 Å². The van der Waals surface area contributed by atoms with Crippen molar-refractivity contribution in [2.24, 2.45) is 0 Å². The van der Waals surface area contributed by atoms with Crippen LogP contribution in [0.1, 0.15) is 18.4 Å². The van der Waals surface area contributed by atoms with E-state index in [2.05, 4.69) is 5.32 Å². The molecular formula is C24H33N3O7S2. The molecule has 1 heterocycles. The maximum absolute atomic E-state index is 12.7. The maximum atomic E-state index is 12.7. The van der Waals surface area contributed by atoms with Crippen LogP contribution in [0.4, 0.5) is 5.69 Å². The fraction of sp³-hybridized carbons (Fsp3) is 0.458. The Morgan fingerprint density at radius 1 is 1.03 bits per heavy atom. The van der Waals surface area contributed by atoms with E-state index < -0.39 is 20.0 Å². The van der Waals surface area contributed by atoms with Gasteiger partial charge in [-0.15, -0.1) is 0 Å². The standard InChI is InChI=1S/C24H33N3O7S2/c1-20-5-7-21(8-6-20)27(35(2,29)30)14-3-4-24(28)25-13-17-34-22-9-11-23(12-10-22)36(31,32)26-15-18-33-19-16-26/h5-12H,3-4,13-19H2,1-2H3,(H,25,28). The van der Waals surface area contributed by atoms with Gasteiger partial charge in [0.2, 0.25) is 26.0 Å². The van der Waals surface area contributed by atoms with Gasteiger partial charge >= 0.3 is 0 Å². The predicted octanol–water partition coefficient (Wildman–Crippen LogP) is 1.76. The quantitative estimate of drug-likeness (QED) is 0.408. The van der Waals surface area contributed by atoms with E-state index in [0.29, 0.717) is 44.2 Å². The van der Waals surface area contributed by atoms with Gasteiger partial charge in [0.1, 0.15) is 12.4 Å². The highest BCUT2D eigenvalue weighted by Crippen LogP contribution is 2.21. The number of morpholine rings is 1. The Morgan fingerprint density at radius 2 is 1.67 bits per heavy atom. The summed E-state index contributed by atoms with van der Waals surface area (Å²) in [6.45, 7) is 4.03. The molecule has 1 aliphatic rings. The molecule has 0 spiro atoms. The monoisotopic (exact) mass is 539 g/mol. The fourth-order valence-electron chi connectivity index (χ4n) is 3.67. The van der Waals surface area contributed by atoms with E-state index in [9.17, 15) is 21.6 Å². The number of carbonyl (C=O) groups excluding carboxylic acids is 1. The Bertz CT molecular complexity index is 1210. The second kappa shape index (κ2) is 12.5. The summed E-state index contributed by atoms with van der Waals surface area (Å²) >= 11 is 0. The second-order valence-electron chi connectivity index (χ2n) is 8.46. The number of sulfonamides is 2. The molecule has 1 fully saturated rings. The van der Waals surface area contributed by atoms with Crippen molar-refractivity contribution in [3.63, 3.8) is 0 Å². The van der Waals surface area contributed by atoms with Crippen LogP contribution in [0.3, 0.4) is 0 Å². The minimum Gasteiger partial charge on any atom is -0.492 e. The number of nitrogens with one attached hydrogen (secondary N) is 1. The molecule has 1 N–H and O–H groups in total. The summed E-state index contributed by atoms with van der Waals surface area (Å²) < 4.78 is 63.1. The highest BCUT2D eigenvalue weighted by Gasteiger charge is 2.26. The molecule has 12 heteroatoms. The summed E-state index contributed by atoms with van der Waals surface area (Å²) in [4.78, 5) is 12.4. The zero-order valence-corrected chi connectivity index (χ0v) is 22.2. The van der Waals surface area contributed by atoms with Crippen LogP contribution in [0.25, 0.3) is 0 Å². The Kier molecular flexibility index (Phi) is 9.71. The van der Waals surface area contributed by atoms with Crippen LogP contribution in [-0.4, -0.2) is 79.3 Å². The summed E-state index contributed by atoms with van der Waals surface area (Å²) in [6, 6.07) is 13.4. The van der Waals surface area contributed by atoms with E-state index in [1.165, 1.54) is 20.7 Å². The first-order valence-electron chi connectivity index (χ1n) is 11.7. The van der Waals surface area contributed by atoms with Gasteiger partial charge in [0.25, 0.3) is 0 Å². The lowest BCUT2D eigenvalue weighted by Crippen LogP contribution is -2.40. The smallest absolute Gasteiger partial charge is 0.243 e. The number of amides is 1. The molecule has 0 aliphatic carbocycles. The fourth-order valence-corrected chi connectivity index (χ4v) is 6.05. The number of aryl methyl sites for hydroxylation is 1. The molecule has 0 atom stereocenters. The van der Waals surface area contributed by atoms with Crippen LogP contribution >= 0.6 is 0 Å². The molecule has 1 aliphatic heterocycles. The molecular weight excluding hydrogens is 506 g/mol. The third-order valence-electron chi connectivity index (χ3n) is 5.61. The summed E-state index contributed by atoms with van der Waals surface area (Å²) in [5.41, 5.74) is 1.60. The number of nitrogens with zero attached hydrogens (tertiary/aromatic N) is 2. The summed E-state index contributed by atoms with van der Waals surface area (Å²) in [7, 11) is -7.02. The molecule has 2 aromatic carbocycles. The molecule has 0 unspecified atom stereocenters. The maximum Gasteiger partial charge on any atom is 0.243 e. The molecule has 36 heavy (non-hydrogen) atoms. The van der Waals surface area contributed by atoms with Crippen LogP contribution in [0.2, 0.25) is 0 Å². The van der Waals surface area contributed by atoms with E-state index in [4.69, 9.17) is 9.47 Å². The lowest BCUT2D eigenvalue weighted by atomic mass is 10.2. The lowest BCUT2D eigenvalue weighted by molar-refractivity contribution is -0.121. The first-order chi connectivity index (χ1) is 17.1. The summed E-state index contributed by atoms with van der Waals surface area (Å²) in [5.74, 6) is 0.287. The Morgan fingerprint density at radius 3 is 2.28 bits per heavy atom. The highest BCUT2D eigenvalue weighted by molar-refractivity contribution is 7.92. The van der Waals surface area contributed by atoms with Gasteiger partial charge in [0, 0.05) is 26.1 Å². The number of benzene rings is 2. The van der Waals surface area contributed by atoms with Gasteiger partial charge in [-0.25, -0.2) is 16.8 Å². The lowest BCUT2D eigenvalue weighted by Gasteiger charge is -2.26. The van der Waals surface area contributed by atoms with Crippen molar-refractivity contribution >= 4 is 31.6 Å². The normalized spacial score (nSPS) is 14.8. The zero-order valence-electron chi connectivity index (χ0n) is 20.6. The van der Waals surface area contributed by atoms with Crippen molar-refractivity contribution in [3.8, 4) is 5.75 Å². The van der Waals surface area contributed by atoms with Gasteiger partial charge < -0.3 is 14.8 Å². The Hall–Kier alpha value is -2.67. The molecule has 0 bridgehead atoms. The van der Waals surface area contributed by atoms with Gasteiger partial charge in [0.15, 0.2) is 0 Å². The number of ether oxygens (including phenoxy) is 2.